The van der Waals surface area contributed by atoms with E-state index in [1.165, 1.54) is 6.26 Å². The van der Waals surface area contributed by atoms with Crippen molar-refractivity contribution < 1.29 is 24.2 Å². The van der Waals surface area contributed by atoms with E-state index >= 15 is 0 Å². The van der Waals surface area contributed by atoms with Gasteiger partial charge >= 0.3 is 12.2 Å². The number of carbonyl (C=O) groups excluding carboxylic acids is 2. The van der Waals surface area contributed by atoms with Crippen molar-refractivity contribution in [2.45, 2.75) is 78.7 Å². The van der Waals surface area contributed by atoms with Crippen LogP contribution in [0.25, 0.3) is 0 Å². The van der Waals surface area contributed by atoms with Crippen LogP contribution in [0.1, 0.15) is 54.9 Å². The van der Waals surface area contributed by atoms with Crippen molar-refractivity contribution in [2.75, 3.05) is 13.1 Å². The van der Waals surface area contributed by atoms with Crippen molar-refractivity contribution in [3.05, 3.63) is 12.3 Å². The lowest BCUT2D eigenvalue weighted by molar-refractivity contribution is -0.0297. The highest BCUT2D eigenvalue weighted by molar-refractivity contribution is 5.69. The van der Waals surface area contributed by atoms with Crippen LogP contribution in [0.4, 0.5) is 9.59 Å². The minimum Gasteiger partial charge on any atom is -0.444 e. The number of rotatable bonds is 6. The summed E-state index contributed by atoms with van der Waals surface area (Å²) in [6.07, 6.45) is 1.98. The number of aliphatic hydroxyl groups is 1. The van der Waals surface area contributed by atoms with E-state index in [9.17, 15) is 14.7 Å². The van der Waals surface area contributed by atoms with Crippen molar-refractivity contribution in [2.24, 2.45) is 5.92 Å². The summed E-state index contributed by atoms with van der Waals surface area (Å²) in [6, 6.07) is 0.102. The van der Waals surface area contributed by atoms with Crippen molar-refractivity contribution in [1.82, 2.24) is 9.80 Å². The minimum atomic E-state index is -0.588. The molecule has 0 radical (unpaired) electrons. The van der Waals surface area contributed by atoms with Crippen LogP contribution in [-0.2, 0) is 9.47 Å². The predicted octanol–water partition coefficient (Wildman–Crippen LogP) is 3.37. The summed E-state index contributed by atoms with van der Waals surface area (Å²) in [4.78, 5) is 27.1. The Kier molecular flexibility index (Phi) is 7.93. The highest BCUT2D eigenvalue weighted by atomic mass is 16.6. The van der Waals surface area contributed by atoms with Gasteiger partial charge in [-0.3, -0.25) is 0 Å². The number of amides is 2. The Morgan fingerprint density at radius 1 is 1.19 bits per heavy atom. The van der Waals surface area contributed by atoms with Gasteiger partial charge in [-0.25, -0.2) is 9.59 Å². The maximum absolute atomic E-state index is 12.0. The zero-order valence-electron chi connectivity index (χ0n) is 17.1. The molecule has 150 valence electrons. The summed E-state index contributed by atoms with van der Waals surface area (Å²) in [7, 11) is 0. The van der Waals surface area contributed by atoms with Crippen LogP contribution < -0.4 is 0 Å². The van der Waals surface area contributed by atoms with Crippen LogP contribution in [0, 0.1) is 5.92 Å². The standard InChI is InChI=1S/C19H34N2O5/c1-13(2)21(14(3)4)18(24)25-10-8-9-16(22)15-11-20(12-15)17(23)26-19(5,6)7/h8,10,13-16,22H,9,11-12H2,1-7H3/b10-8+. The molecule has 1 unspecified atom stereocenters. The first-order valence-electron chi connectivity index (χ1n) is 9.22. The van der Waals surface area contributed by atoms with Gasteiger partial charge in [-0.05, 0) is 61.0 Å². The number of hydrogen-bond acceptors (Lipinski definition) is 5. The molecule has 2 amide bonds. The molecule has 0 saturated carbocycles. The fraction of sp³-hybridized carbons (Fsp3) is 0.789. The second-order valence-corrected chi connectivity index (χ2v) is 8.30. The molecule has 1 aliphatic rings. The molecule has 1 fully saturated rings. The van der Waals surface area contributed by atoms with Crippen molar-refractivity contribution >= 4 is 12.2 Å². The number of nitrogens with zero attached hydrogens (tertiary/aromatic N) is 2. The van der Waals surface area contributed by atoms with Crippen LogP contribution in [0.15, 0.2) is 12.3 Å². The van der Waals surface area contributed by atoms with Crippen LogP contribution in [0.2, 0.25) is 0 Å². The molecule has 1 atom stereocenters. The van der Waals surface area contributed by atoms with Gasteiger partial charge in [-0.15, -0.1) is 0 Å². The van der Waals surface area contributed by atoms with Crippen LogP contribution in [0.3, 0.4) is 0 Å². The first-order chi connectivity index (χ1) is 11.9. The summed E-state index contributed by atoms with van der Waals surface area (Å²) >= 11 is 0. The van der Waals surface area contributed by atoms with Gasteiger partial charge in [-0.1, -0.05) is 0 Å². The Morgan fingerprint density at radius 3 is 2.19 bits per heavy atom. The van der Waals surface area contributed by atoms with E-state index in [-0.39, 0.29) is 24.1 Å². The third-order valence-corrected chi connectivity index (χ3v) is 4.07. The minimum absolute atomic E-state index is 0.00527. The molecule has 0 spiro atoms. The Balaban J connectivity index is 2.33. The number of hydrogen-bond donors (Lipinski definition) is 1. The second-order valence-electron chi connectivity index (χ2n) is 8.30. The average molecular weight is 370 g/mol. The second kappa shape index (κ2) is 9.26. The molecule has 0 bridgehead atoms. The van der Waals surface area contributed by atoms with E-state index in [0.29, 0.717) is 19.5 Å². The van der Waals surface area contributed by atoms with E-state index in [1.54, 1.807) is 15.9 Å². The van der Waals surface area contributed by atoms with Gasteiger partial charge in [0.25, 0.3) is 0 Å². The Hall–Kier alpha value is -1.76. The Morgan fingerprint density at radius 2 is 1.73 bits per heavy atom. The molecular weight excluding hydrogens is 336 g/mol. The van der Waals surface area contributed by atoms with Crippen LogP contribution in [0.5, 0.6) is 0 Å². The van der Waals surface area contributed by atoms with Gasteiger partial charge < -0.3 is 24.4 Å². The zero-order chi connectivity index (χ0) is 20.1. The molecule has 0 aromatic rings. The number of ether oxygens (including phenoxy) is 2. The molecule has 7 heteroatoms. The lowest BCUT2D eigenvalue weighted by Crippen LogP contribution is -2.55. The molecule has 0 aliphatic carbocycles. The number of carbonyl (C=O) groups is 2. The average Bonchev–Trinajstić information content (AvgIpc) is 2.38. The third kappa shape index (κ3) is 6.86. The van der Waals surface area contributed by atoms with E-state index in [4.69, 9.17) is 9.47 Å². The highest BCUT2D eigenvalue weighted by Gasteiger charge is 2.37. The Labute approximate surface area is 156 Å². The molecule has 26 heavy (non-hydrogen) atoms. The summed E-state index contributed by atoms with van der Waals surface area (Å²) in [5.74, 6) is 0.00527. The van der Waals surface area contributed by atoms with Gasteiger partial charge in [0, 0.05) is 31.1 Å². The summed E-state index contributed by atoms with van der Waals surface area (Å²) in [5, 5.41) is 10.2. The molecule has 1 aliphatic heterocycles. The van der Waals surface area contributed by atoms with Gasteiger partial charge in [0.2, 0.25) is 0 Å². The monoisotopic (exact) mass is 370 g/mol. The van der Waals surface area contributed by atoms with E-state index < -0.39 is 17.8 Å². The van der Waals surface area contributed by atoms with Crippen molar-refractivity contribution in [1.29, 1.82) is 0 Å². The largest absolute Gasteiger partial charge is 0.444 e. The maximum Gasteiger partial charge on any atom is 0.415 e. The fourth-order valence-electron chi connectivity index (χ4n) is 2.80. The topological polar surface area (TPSA) is 79.3 Å². The molecular formula is C19H34N2O5. The smallest absolute Gasteiger partial charge is 0.415 e. The van der Waals surface area contributed by atoms with E-state index in [2.05, 4.69) is 0 Å². The third-order valence-electron chi connectivity index (χ3n) is 4.07. The molecule has 7 nitrogen and oxygen atoms in total. The predicted molar refractivity (Wildman–Crippen MR) is 99.7 cm³/mol. The van der Waals surface area contributed by atoms with E-state index in [1.807, 2.05) is 48.5 Å². The normalized spacial score (nSPS) is 16.8. The maximum atomic E-state index is 12.0. The lowest BCUT2D eigenvalue weighted by Gasteiger charge is -2.41. The number of likely N-dealkylation sites (tertiary alicyclic amines) is 1. The Bertz CT molecular complexity index is 497. The summed E-state index contributed by atoms with van der Waals surface area (Å²) in [5.41, 5.74) is -0.521. The summed E-state index contributed by atoms with van der Waals surface area (Å²) in [6.45, 7) is 14.1. The van der Waals surface area contributed by atoms with E-state index in [0.717, 1.165) is 0 Å². The molecule has 1 heterocycles. The van der Waals surface area contributed by atoms with Crippen LogP contribution in [-0.4, -0.2) is 64.0 Å². The molecule has 0 aromatic carbocycles. The van der Waals surface area contributed by atoms with Gasteiger partial charge in [0.15, 0.2) is 0 Å². The van der Waals surface area contributed by atoms with Gasteiger partial charge in [0.05, 0.1) is 12.4 Å². The van der Waals surface area contributed by atoms with Crippen molar-refractivity contribution in [3.63, 3.8) is 0 Å². The molecule has 1 saturated heterocycles. The molecule has 1 N–H and O–H groups in total. The molecule has 1 rings (SSSR count). The fourth-order valence-corrected chi connectivity index (χ4v) is 2.80. The highest BCUT2D eigenvalue weighted by Crippen LogP contribution is 2.23. The number of aliphatic hydroxyl groups excluding tert-OH is 1. The van der Waals surface area contributed by atoms with Gasteiger partial charge in [0.1, 0.15) is 5.60 Å². The lowest BCUT2D eigenvalue weighted by atomic mass is 9.92. The van der Waals surface area contributed by atoms with Gasteiger partial charge in [-0.2, -0.15) is 0 Å². The zero-order valence-corrected chi connectivity index (χ0v) is 17.1. The first kappa shape index (κ1) is 22.3. The SMILES string of the molecule is CC(C)N(C(=O)O/C=C/CC(O)C1CN(C(=O)OC(C)(C)C)C1)C(C)C. The summed E-state index contributed by atoms with van der Waals surface area (Å²) < 4.78 is 10.4. The first-order valence-corrected chi connectivity index (χ1v) is 9.22. The van der Waals surface area contributed by atoms with Crippen molar-refractivity contribution in [3.8, 4) is 0 Å². The quantitative estimate of drug-likeness (QED) is 0.725. The van der Waals surface area contributed by atoms with Crippen LogP contribution >= 0.6 is 0 Å². The molecule has 0 aromatic heterocycles.